The topological polar surface area (TPSA) is 79.0 Å². The number of ether oxygens (including phenoxy) is 1. The van der Waals surface area contributed by atoms with Crippen molar-refractivity contribution in [3.63, 3.8) is 0 Å². The zero-order valence-electron chi connectivity index (χ0n) is 14.6. The lowest BCUT2D eigenvalue weighted by atomic mass is 10.2. The third-order valence-corrected chi connectivity index (χ3v) is 4.52. The number of hydrogen-bond acceptors (Lipinski definition) is 4. The molecule has 0 atom stereocenters. The van der Waals surface area contributed by atoms with Gasteiger partial charge in [0, 0.05) is 17.2 Å². The van der Waals surface area contributed by atoms with Crippen molar-refractivity contribution in [2.45, 2.75) is 0 Å². The molecule has 3 rings (SSSR count). The molecule has 1 heterocycles. The SMILES string of the molecule is CN(CC(=O)Nc1ccccc1)C(=O)CN1C(=O)COc2cc(Br)ccc21. The Kier molecular flexibility index (Phi) is 5.75. The maximum Gasteiger partial charge on any atom is 0.265 e. The molecule has 0 radical (unpaired) electrons. The summed E-state index contributed by atoms with van der Waals surface area (Å²) in [5.41, 5.74) is 1.19. The molecule has 0 aliphatic carbocycles. The smallest absolute Gasteiger partial charge is 0.265 e. The van der Waals surface area contributed by atoms with Crippen LogP contribution in [0.5, 0.6) is 5.75 Å². The van der Waals surface area contributed by atoms with Crippen LogP contribution in [0.2, 0.25) is 0 Å². The van der Waals surface area contributed by atoms with Crippen molar-refractivity contribution >= 4 is 45.0 Å². The first-order valence-electron chi connectivity index (χ1n) is 8.25. The number of benzene rings is 2. The van der Waals surface area contributed by atoms with Gasteiger partial charge in [-0.15, -0.1) is 0 Å². The standard InChI is InChI=1S/C19H18BrN3O4/c1-22(10-17(24)21-14-5-3-2-4-6-14)18(25)11-23-15-8-7-13(20)9-16(15)27-12-19(23)26/h2-9H,10-12H2,1H3,(H,21,24). The van der Waals surface area contributed by atoms with Crippen LogP contribution < -0.4 is 15.0 Å². The van der Waals surface area contributed by atoms with E-state index in [1.54, 1.807) is 30.3 Å². The van der Waals surface area contributed by atoms with Gasteiger partial charge in [-0.1, -0.05) is 34.1 Å². The fourth-order valence-corrected chi connectivity index (χ4v) is 2.97. The monoisotopic (exact) mass is 431 g/mol. The number of fused-ring (bicyclic) bond motifs is 1. The number of carbonyl (C=O) groups excluding carboxylic acids is 3. The van der Waals surface area contributed by atoms with E-state index < -0.39 is 0 Å². The van der Waals surface area contributed by atoms with E-state index >= 15 is 0 Å². The highest BCUT2D eigenvalue weighted by molar-refractivity contribution is 9.10. The van der Waals surface area contributed by atoms with Crippen molar-refractivity contribution in [1.82, 2.24) is 4.90 Å². The van der Waals surface area contributed by atoms with Gasteiger partial charge in [0.15, 0.2) is 6.61 Å². The minimum atomic E-state index is -0.345. The van der Waals surface area contributed by atoms with E-state index in [1.165, 1.54) is 16.8 Å². The van der Waals surface area contributed by atoms with Crippen molar-refractivity contribution in [3.05, 3.63) is 53.0 Å². The second-order valence-electron chi connectivity index (χ2n) is 6.04. The van der Waals surface area contributed by atoms with Gasteiger partial charge < -0.3 is 15.0 Å². The Morgan fingerprint density at radius 2 is 1.96 bits per heavy atom. The van der Waals surface area contributed by atoms with Gasteiger partial charge in [0.25, 0.3) is 5.91 Å². The predicted molar refractivity (Wildman–Crippen MR) is 105 cm³/mol. The summed E-state index contributed by atoms with van der Waals surface area (Å²) in [6.45, 7) is -0.402. The number of halogens is 1. The van der Waals surface area contributed by atoms with Crippen LogP contribution >= 0.6 is 15.9 Å². The molecule has 0 bridgehead atoms. The average molecular weight is 432 g/mol. The molecule has 0 unspecified atom stereocenters. The van der Waals surface area contributed by atoms with E-state index in [4.69, 9.17) is 4.74 Å². The Balaban J connectivity index is 1.63. The maximum atomic E-state index is 12.5. The summed E-state index contributed by atoms with van der Waals surface area (Å²) in [5.74, 6) is -0.432. The van der Waals surface area contributed by atoms with Crippen LogP contribution in [0.25, 0.3) is 0 Å². The Labute approximate surface area is 165 Å². The molecule has 1 aliphatic rings. The lowest BCUT2D eigenvalue weighted by Gasteiger charge is -2.30. The number of hydrogen-bond donors (Lipinski definition) is 1. The Hall–Kier alpha value is -2.87. The summed E-state index contributed by atoms with van der Waals surface area (Å²) in [6.07, 6.45) is 0. The first-order valence-corrected chi connectivity index (χ1v) is 9.05. The molecule has 2 aromatic rings. The first-order chi connectivity index (χ1) is 12.9. The number of carbonyl (C=O) groups is 3. The Bertz CT molecular complexity index is 873. The number of para-hydroxylation sites is 1. The van der Waals surface area contributed by atoms with Gasteiger partial charge in [0.1, 0.15) is 12.3 Å². The lowest BCUT2D eigenvalue weighted by molar-refractivity contribution is -0.133. The van der Waals surface area contributed by atoms with Gasteiger partial charge in [0.05, 0.1) is 12.2 Å². The van der Waals surface area contributed by atoms with Gasteiger partial charge in [-0.05, 0) is 30.3 Å². The van der Waals surface area contributed by atoms with E-state index in [1.807, 2.05) is 18.2 Å². The minimum absolute atomic E-state index is 0.112. The average Bonchev–Trinajstić information content (AvgIpc) is 2.64. The van der Waals surface area contributed by atoms with Crippen LogP contribution in [0.15, 0.2) is 53.0 Å². The van der Waals surface area contributed by atoms with Gasteiger partial charge in [-0.3, -0.25) is 19.3 Å². The molecule has 140 valence electrons. The fourth-order valence-electron chi connectivity index (χ4n) is 2.63. The van der Waals surface area contributed by atoms with Gasteiger partial charge in [0.2, 0.25) is 11.8 Å². The molecule has 27 heavy (non-hydrogen) atoms. The summed E-state index contributed by atoms with van der Waals surface area (Å²) in [4.78, 5) is 39.5. The number of anilines is 2. The van der Waals surface area contributed by atoms with Crippen molar-refractivity contribution in [1.29, 1.82) is 0 Å². The van der Waals surface area contributed by atoms with Crippen LogP contribution in [-0.4, -0.2) is 49.4 Å². The molecule has 0 saturated carbocycles. The van der Waals surface area contributed by atoms with Crippen LogP contribution in [0.3, 0.4) is 0 Å². The number of amides is 3. The van der Waals surface area contributed by atoms with E-state index in [2.05, 4.69) is 21.2 Å². The molecule has 1 aliphatic heterocycles. The third kappa shape index (κ3) is 4.65. The molecular weight excluding hydrogens is 414 g/mol. The summed E-state index contributed by atoms with van der Waals surface area (Å²) >= 11 is 3.35. The van der Waals surface area contributed by atoms with Gasteiger partial charge >= 0.3 is 0 Å². The number of nitrogens with zero attached hydrogens (tertiary/aromatic N) is 2. The molecule has 0 fully saturated rings. The Morgan fingerprint density at radius 3 is 2.70 bits per heavy atom. The van der Waals surface area contributed by atoms with Crippen molar-refractivity contribution in [2.75, 3.05) is 37.0 Å². The molecule has 0 spiro atoms. The highest BCUT2D eigenvalue weighted by Gasteiger charge is 2.28. The zero-order valence-corrected chi connectivity index (χ0v) is 16.2. The quantitative estimate of drug-likeness (QED) is 0.787. The van der Waals surface area contributed by atoms with Crippen LogP contribution in [0.1, 0.15) is 0 Å². The van der Waals surface area contributed by atoms with E-state index in [0.717, 1.165) is 4.47 Å². The van der Waals surface area contributed by atoms with Crippen LogP contribution in [-0.2, 0) is 14.4 Å². The summed E-state index contributed by atoms with van der Waals surface area (Å²) < 4.78 is 6.23. The Morgan fingerprint density at radius 1 is 1.22 bits per heavy atom. The van der Waals surface area contributed by atoms with Crippen molar-refractivity contribution < 1.29 is 19.1 Å². The van der Waals surface area contributed by atoms with Crippen molar-refractivity contribution in [2.24, 2.45) is 0 Å². The van der Waals surface area contributed by atoms with Crippen molar-refractivity contribution in [3.8, 4) is 5.75 Å². The van der Waals surface area contributed by atoms with E-state index in [0.29, 0.717) is 17.1 Å². The normalized spacial score (nSPS) is 12.8. The molecule has 8 heteroatoms. The largest absolute Gasteiger partial charge is 0.482 e. The van der Waals surface area contributed by atoms with Gasteiger partial charge in [-0.25, -0.2) is 0 Å². The summed E-state index contributed by atoms with van der Waals surface area (Å²) in [6, 6.07) is 14.2. The van der Waals surface area contributed by atoms with Crippen LogP contribution in [0, 0.1) is 0 Å². The maximum absolute atomic E-state index is 12.5. The first kappa shape index (κ1) is 18.9. The lowest BCUT2D eigenvalue weighted by Crippen LogP contribution is -2.46. The highest BCUT2D eigenvalue weighted by atomic mass is 79.9. The number of likely N-dealkylation sites (N-methyl/N-ethyl adjacent to an activating group) is 1. The molecule has 7 nitrogen and oxygen atoms in total. The molecule has 1 N–H and O–H groups in total. The predicted octanol–water partition coefficient (Wildman–Crippen LogP) is 2.27. The molecule has 0 aromatic heterocycles. The second-order valence-corrected chi connectivity index (χ2v) is 6.96. The molecule has 3 amide bonds. The molecule has 2 aromatic carbocycles. The second kappa shape index (κ2) is 8.22. The molecule has 0 saturated heterocycles. The van der Waals surface area contributed by atoms with E-state index in [9.17, 15) is 14.4 Å². The summed E-state index contributed by atoms with van der Waals surface area (Å²) in [7, 11) is 1.53. The number of rotatable bonds is 5. The van der Waals surface area contributed by atoms with Gasteiger partial charge in [-0.2, -0.15) is 0 Å². The molecular formula is C19H18BrN3O4. The van der Waals surface area contributed by atoms with E-state index in [-0.39, 0.29) is 37.4 Å². The number of nitrogens with one attached hydrogen (secondary N) is 1. The zero-order chi connectivity index (χ0) is 19.4. The summed E-state index contributed by atoms with van der Waals surface area (Å²) in [5, 5.41) is 2.72. The fraction of sp³-hybridized carbons (Fsp3) is 0.211. The highest BCUT2D eigenvalue weighted by Crippen LogP contribution is 2.34. The third-order valence-electron chi connectivity index (χ3n) is 4.02. The minimum Gasteiger partial charge on any atom is -0.482 e. The van der Waals surface area contributed by atoms with Crippen LogP contribution in [0.4, 0.5) is 11.4 Å².